The van der Waals surface area contributed by atoms with Crippen molar-refractivity contribution < 1.29 is 18.7 Å². The topological polar surface area (TPSA) is 89.0 Å². The molecule has 5 aromatic rings. The minimum absolute atomic E-state index is 0.0249. The Morgan fingerprint density at radius 3 is 2.35 bits per heavy atom. The molecular formula is C34H31FN4O4. The number of rotatable bonds is 10. The van der Waals surface area contributed by atoms with E-state index in [4.69, 9.17) is 9.47 Å². The Labute approximate surface area is 248 Å². The van der Waals surface area contributed by atoms with E-state index in [1.54, 1.807) is 48.9 Å². The number of carbonyl (C=O) groups is 1. The third-order valence-corrected chi connectivity index (χ3v) is 7.23. The molecule has 0 atom stereocenters. The molecule has 0 aliphatic carbocycles. The standard InChI is InChI=1S/C34H31FN4O4/c1-4-43-34(41)28-21-38(20-25-12-8-9-13-29(25)35)32-27(18-36)31(24-14-16-26(42-3)17-15-24)30(39(32)33(28)40)22-37(2)19-23-10-6-5-7-11-23/h5-17,21H,4,19-20,22H2,1-3H3. The first-order valence-electron chi connectivity index (χ1n) is 13.8. The number of nitriles is 1. The Bertz CT molecular complexity index is 1870. The van der Waals surface area contributed by atoms with Gasteiger partial charge >= 0.3 is 5.97 Å². The lowest BCUT2D eigenvalue weighted by atomic mass is 10.0. The maximum absolute atomic E-state index is 14.9. The fraction of sp³-hybridized carbons (Fsp3) is 0.206. The molecule has 0 unspecified atom stereocenters. The molecular weight excluding hydrogens is 547 g/mol. The predicted molar refractivity (Wildman–Crippen MR) is 161 cm³/mol. The van der Waals surface area contributed by atoms with Crippen molar-refractivity contribution in [1.29, 1.82) is 5.26 Å². The van der Waals surface area contributed by atoms with Gasteiger partial charge in [0.1, 0.15) is 34.4 Å². The summed E-state index contributed by atoms with van der Waals surface area (Å²) in [6.07, 6.45) is 1.36. The van der Waals surface area contributed by atoms with Crippen molar-refractivity contribution in [2.45, 2.75) is 26.6 Å². The minimum atomic E-state index is -0.793. The largest absolute Gasteiger partial charge is 0.497 e. The second-order valence-electron chi connectivity index (χ2n) is 10.1. The van der Waals surface area contributed by atoms with Gasteiger partial charge in [-0.05, 0) is 43.3 Å². The number of methoxy groups -OCH3 is 1. The summed E-state index contributed by atoms with van der Waals surface area (Å²) in [6, 6.07) is 25.7. The van der Waals surface area contributed by atoms with Crippen LogP contribution in [0.1, 0.15) is 39.7 Å². The highest BCUT2D eigenvalue weighted by atomic mass is 19.1. The molecule has 218 valence electrons. The second kappa shape index (κ2) is 12.8. The summed E-state index contributed by atoms with van der Waals surface area (Å²) >= 11 is 0. The van der Waals surface area contributed by atoms with Gasteiger partial charge in [-0.25, -0.2) is 9.18 Å². The summed E-state index contributed by atoms with van der Waals surface area (Å²) in [5.41, 5.74) is 2.84. The van der Waals surface area contributed by atoms with Gasteiger partial charge in [-0.2, -0.15) is 5.26 Å². The SMILES string of the molecule is CCOC(=O)c1cn(Cc2ccccc2F)c2c(C#N)c(-c3ccc(OC)cc3)c(CN(C)Cc3ccccc3)n2c1=O. The van der Waals surface area contributed by atoms with Crippen LogP contribution in [0.4, 0.5) is 4.39 Å². The van der Waals surface area contributed by atoms with Crippen molar-refractivity contribution in [3.8, 4) is 22.9 Å². The number of esters is 1. The first-order chi connectivity index (χ1) is 20.9. The van der Waals surface area contributed by atoms with Crippen LogP contribution < -0.4 is 10.3 Å². The molecule has 3 aromatic carbocycles. The number of fused-ring (bicyclic) bond motifs is 1. The van der Waals surface area contributed by atoms with Gasteiger partial charge in [0.05, 0.1) is 26.0 Å². The van der Waals surface area contributed by atoms with Crippen LogP contribution in [0.15, 0.2) is 89.9 Å². The van der Waals surface area contributed by atoms with Crippen LogP contribution >= 0.6 is 0 Å². The summed E-state index contributed by atoms with van der Waals surface area (Å²) in [6.45, 7) is 2.54. The van der Waals surface area contributed by atoms with E-state index in [0.29, 0.717) is 34.7 Å². The lowest BCUT2D eigenvalue weighted by molar-refractivity contribution is 0.0523. The predicted octanol–water partition coefficient (Wildman–Crippen LogP) is 5.64. The van der Waals surface area contributed by atoms with E-state index < -0.39 is 17.3 Å². The van der Waals surface area contributed by atoms with Crippen LogP contribution in [-0.4, -0.2) is 40.6 Å². The number of aromatic nitrogens is 2. The van der Waals surface area contributed by atoms with Crippen molar-refractivity contribution >= 4 is 11.6 Å². The Hall–Kier alpha value is -5.20. The van der Waals surface area contributed by atoms with Crippen LogP contribution in [0.3, 0.4) is 0 Å². The van der Waals surface area contributed by atoms with Crippen molar-refractivity contribution in [1.82, 2.24) is 13.9 Å². The van der Waals surface area contributed by atoms with Crippen molar-refractivity contribution in [3.05, 3.63) is 129 Å². The molecule has 5 rings (SSSR count). The Morgan fingerprint density at radius 2 is 1.70 bits per heavy atom. The zero-order chi connectivity index (χ0) is 30.5. The Kier molecular flexibility index (Phi) is 8.69. The van der Waals surface area contributed by atoms with Gasteiger partial charge in [-0.15, -0.1) is 0 Å². The second-order valence-corrected chi connectivity index (χ2v) is 10.1. The van der Waals surface area contributed by atoms with Crippen LogP contribution in [-0.2, 0) is 24.4 Å². The molecule has 0 saturated heterocycles. The van der Waals surface area contributed by atoms with E-state index in [0.717, 1.165) is 5.56 Å². The zero-order valence-corrected chi connectivity index (χ0v) is 24.2. The summed E-state index contributed by atoms with van der Waals surface area (Å²) in [5.74, 6) is -0.601. The summed E-state index contributed by atoms with van der Waals surface area (Å²) in [7, 11) is 3.49. The fourth-order valence-corrected chi connectivity index (χ4v) is 5.30. The highest BCUT2D eigenvalue weighted by molar-refractivity contribution is 5.90. The van der Waals surface area contributed by atoms with Crippen LogP contribution in [0, 0.1) is 17.1 Å². The summed E-state index contributed by atoms with van der Waals surface area (Å²) in [4.78, 5) is 29.2. The number of halogens is 1. The molecule has 0 spiro atoms. The molecule has 2 heterocycles. The lowest BCUT2D eigenvalue weighted by Crippen LogP contribution is -2.29. The smallest absolute Gasteiger partial charge is 0.345 e. The third-order valence-electron chi connectivity index (χ3n) is 7.23. The van der Waals surface area contributed by atoms with Gasteiger partial charge in [-0.1, -0.05) is 60.7 Å². The normalized spacial score (nSPS) is 11.1. The van der Waals surface area contributed by atoms with Crippen LogP contribution in [0.2, 0.25) is 0 Å². The van der Waals surface area contributed by atoms with E-state index in [2.05, 4.69) is 6.07 Å². The molecule has 8 nitrogen and oxygen atoms in total. The molecule has 0 bridgehead atoms. The molecule has 0 radical (unpaired) electrons. The quantitative estimate of drug-likeness (QED) is 0.199. The first kappa shape index (κ1) is 29.3. The highest BCUT2D eigenvalue weighted by Gasteiger charge is 2.28. The molecule has 0 aliphatic rings. The van der Waals surface area contributed by atoms with E-state index in [1.165, 1.54) is 16.7 Å². The molecule has 9 heteroatoms. The van der Waals surface area contributed by atoms with Gasteiger partial charge in [0, 0.05) is 30.4 Å². The number of hydrogen-bond acceptors (Lipinski definition) is 6. The van der Waals surface area contributed by atoms with Crippen molar-refractivity contribution in [2.75, 3.05) is 20.8 Å². The lowest BCUT2D eigenvalue weighted by Gasteiger charge is -2.19. The van der Waals surface area contributed by atoms with E-state index in [-0.39, 0.29) is 36.5 Å². The summed E-state index contributed by atoms with van der Waals surface area (Å²) < 4.78 is 28.4. The van der Waals surface area contributed by atoms with Gasteiger partial charge in [0.15, 0.2) is 0 Å². The van der Waals surface area contributed by atoms with E-state index >= 15 is 0 Å². The van der Waals surface area contributed by atoms with Crippen molar-refractivity contribution in [3.63, 3.8) is 0 Å². The van der Waals surface area contributed by atoms with Gasteiger partial charge < -0.3 is 14.0 Å². The monoisotopic (exact) mass is 578 g/mol. The first-order valence-corrected chi connectivity index (χ1v) is 13.8. The number of ether oxygens (including phenoxy) is 2. The van der Waals surface area contributed by atoms with E-state index in [1.807, 2.05) is 54.4 Å². The van der Waals surface area contributed by atoms with Gasteiger partial charge in [-0.3, -0.25) is 14.1 Å². The van der Waals surface area contributed by atoms with Crippen LogP contribution in [0.5, 0.6) is 5.75 Å². The molecule has 0 aliphatic heterocycles. The van der Waals surface area contributed by atoms with Gasteiger partial charge in [0.2, 0.25) is 0 Å². The van der Waals surface area contributed by atoms with E-state index in [9.17, 15) is 19.2 Å². The zero-order valence-electron chi connectivity index (χ0n) is 24.2. The highest BCUT2D eigenvalue weighted by Crippen LogP contribution is 2.35. The maximum Gasteiger partial charge on any atom is 0.345 e. The molecule has 2 aromatic heterocycles. The Balaban J connectivity index is 1.82. The minimum Gasteiger partial charge on any atom is -0.497 e. The molecule has 0 N–H and O–H groups in total. The van der Waals surface area contributed by atoms with Crippen molar-refractivity contribution in [2.24, 2.45) is 0 Å². The van der Waals surface area contributed by atoms with Crippen LogP contribution in [0.25, 0.3) is 16.8 Å². The number of nitrogens with zero attached hydrogens (tertiary/aromatic N) is 4. The molecule has 43 heavy (non-hydrogen) atoms. The number of benzene rings is 3. The Morgan fingerprint density at radius 1 is 1.00 bits per heavy atom. The third kappa shape index (κ3) is 5.92. The maximum atomic E-state index is 14.9. The fourth-order valence-electron chi connectivity index (χ4n) is 5.30. The number of carbonyl (C=O) groups excluding carboxylic acids is 1. The van der Waals surface area contributed by atoms with Gasteiger partial charge in [0.25, 0.3) is 5.56 Å². The molecule has 0 amide bonds. The molecule has 0 fully saturated rings. The average molecular weight is 579 g/mol. The molecule has 0 saturated carbocycles. The number of hydrogen-bond donors (Lipinski definition) is 0. The summed E-state index contributed by atoms with van der Waals surface area (Å²) in [5, 5.41) is 10.6. The average Bonchev–Trinajstić information content (AvgIpc) is 3.34.